The molecule has 2 fully saturated rings. The predicted molar refractivity (Wildman–Crippen MR) is 126 cm³/mol. The summed E-state index contributed by atoms with van der Waals surface area (Å²) >= 11 is 6.08. The number of nitriles is 1. The van der Waals surface area contributed by atoms with Crippen LogP contribution in [0.5, 0.6) is 5.75 Å². The van der Waals surface area contributed by atoms with Crippen molar-refractivity contribution in [3.05, 3.63) is 52.7 Å². The van der Waals surface area contributed by atoms with E-state index in [1.54, 1.807) is 24.4 Å². The van der Waals surface area contributed by atoms with Gasteiger partial charge in [-0.05, 0) is 62.8 Å². The van der Waals surface area contributed by atoms with Crippen molar-refractivity contribution in [1.29, 1.82) is 5.26 Å². The molecule has 1 aliphatic carbocycles. The Hall–Kier alpha value is -3.11. The van der Waals surface area contributed by atoms with Crippen LogP contribution in [0, 0.1) is 17.2 Å². The number of rotatable bonds is 6. The molecule has 1 saturated carbocycles. The molecule has 1 N–H and O–H groups in total. The van der Waals surface area contributed by atoms with Crippen molar-refractivity contribution in [2.24, 2.45) is 5.92 Å². The molecule has 1 amide bonds. The number of piperidine rings is 1. The molecule has 1 aliphatic heterocycles. The molecule has 0 bridgehead atoms. The van der Waals surface area contributed by atoms with Crippen LogP contribution in [-0.4, -0.2) is 42.4 Å². The minimum absolute atomic E-state index is 0.0615. The summed E-state index contributed by atoms with van der Waals surface area (Å²) in [6, 6.07) is 10.9. The number of ether oxygens (including phenoxy) is 1. The van der Waals surface area contributed by atoms with Crippen LogP contribution in [0.2, 0.25) is 5.02 Å². The quantitative estimate of drug-likeness (QED) is 0.643. The first-order valence-corrected chi connectivity index (χ1v) is 11.8. The number of aromatic nitrogens is 1. The third-order valence-electron chi connectivity index (χ3n) is 6.44. The van der Waals surface area contributed by atoms with E-state index < -0.39 is 0 Å². The lowest BCUT2D eigenvalue weighted by Crippen LogP contribution is -2.39. The van der Waals surface area contributed by atoms with E-state index in [0.29, 0.717) is 21.9 Å². The van der Waals surface area contributed by atoms with E-state index in [-0.39, 0.29) is 24.0 Å². The maximum atomic E-state index is 12.7. The zero-order chi connectivity index (χ0) is 23.2. The van der Waals surface area contributed by atoms with Gasteiger partial charge in [0.25, 0.3) is 5.91 Å². The van der Waals surface area contributed by atoms with E-state index >= 15 is 0 Å². The van der Waals surface area contributed by atoms with E-state index in [0.717, 1.165) is 63.7 Å². The lowest BCUT2D eigenvalue weighted by atomic mass is 9.92. The number of amides is 1. The third-order valence-corrected chi connectivity index (χ3v) is 6.75. The highest BCUT2D eigenvalue weighted by atomic mass is 35.5. The fraction of sp³-hybridized carbons (Fsp3) is 0.440. The molecule has 0 spiro atoms. The number of halogens is 1. The summed E-state index contributed by atoms with van der Waals surface area (Å²) in [5.74, 6) is 1.54. The SMILES string of the molecule is N#Cc1ccc(O[C@H]2CC[C@H](NC(=O)c3ccc(N4CCC(C=O)CC4)nc3)CC2)cc1Cl. The maximum absolute atomic E-state index is 12.7. The number of aldehydes is 1. The fourth-order valence-corrected chi connectivity index (χ4v) is 4.63. The molecule has 2 heterocycles. The van der Waals surface area contributed by atoms with E-state index in [4.69, 9.17) is 21.6 Å². The van der Waals surface area contributed by atoms with Crippen molar-refractivity contribution >= 4 is 29.6 Å². The van der Waals surface area contributed by atoms with E-state index in [2.05, 4.69) is 15.2 Å². The van der Waals surface area contributed by atoms with Gasteiger partial charge in [0, 0.05) is 37.3 Å². The normalized spacial score (nSPS) is 21.2. The molecular weight excluding hydrogens is 440 g/mol. The van der Waals surface area contributed by atoms with Crippen molar-refractivity contribution in [3.8, 4) is 11.8 Å². The minimum Gasteiger partial charge on any atom is -0.490 e. The molecule has 2 aromatic rings. The molecule has 172 valence electrons. The highest BCUT2D eigenvalue weighted by molar-refractivity contribution is 6.31. The van der Waals surface area contributed by atoms with Gasteiger partial charge in [-0.1, -0.05) is 11.6 Å². The summed E-state index contributed by atoms with van der Waals surface area (Å²) in [6.45, 7) is 1.61. The van der Waals surface area contributed by atoms with Crippen molar-refractivity contribution in [3.63, 3.8) is 0 Å². The third kappa shape index (κ3) is 5.82. The Balaban J connectivity index is 1.24. The second-order valence-electron chi connectivity index (χ2n) is 8.68. The van der Waals surface area contributed by atoms with Crippen LogP contribution in [0.4, 0.5) is 5.82 Å². The number of hydrogen-bond acceptors (Lipinski definition) is 6. The number of nitrogens with one attached hydrogen (secondary N) is 1. The summed E-state index contributed by atoms with van der Waals surface area (Å²) < 4.78 is 6.02. The van der Waals surface area contributed by atoms with E-state index in [9.17, 15) is 9.59 Å². The van der Waals surface area contributed by atoms with Crippen LogP contribution in [0.25, 0.3) is 0 Å². The zero-order valence-electron chi connectivity index (χ0n) is 18.4. The number of nitrogens with zero attached hydrogens (tertiary/aromatic N) is 3. The molecule has 0 radical (unpaired) electrons. The van der Waals surface area contributed by atoms with Crippen molar-refractivity contribution in [1.82, 2.24) is 10.3 Å². The summed E-state index contributed by atoms with van der Waals surface area (Å²) in [4.78, 5) is 30.2. The standard InChI is InChI=1S/C25H27ClN4O3/c26-23-13-22(5-1-18(23)14-27)33-21-6-3-20(4-7-21)29-25(32)19-2-8-24(28-15-19)30-11-9-17(16-31)10-12-30/h1-2,5,8,13,15-17,20-21H,3-4,6-7,9-12H2,(H,29,32)/t20-,21-. The Morgan fingerprint density at radius 1 is 1.15 bits per heavy atom. The highest BCUT2D eigenvalue weighted by Gasteiger charge is 2.25. The molecule has 2 aliphatic rings. The van der Waals surface area contributed by atoms with Crippen molar-refractivity contribution in [2.75, 3.05) is 18.0 Å². The number of anilines is 1. The Morgan fingerprint density at radius 3 is 2.52 bits per heavy atom. The molecule has 1 aromatic carbocycles. The molecular formula is C25H27ClN4O3. The van der Waals surface area contributed by atoms with Crippen molar-refractivity contribution in [2.45, 2.75) is 50.7 Å². The number of carbonyl (C=O) groups excluding carboxylic acids is 2. The first kappa shape index (κ1) is 23.1. The van der Waals surface area contributed by atoms with Crippen LogP contribution in [0.15, 0.2) is 36.5 Å². The first-order chi connectivity index (χ1) is 16.1. The smallest absolute Gasteiger partial charge is 0.253 e. The monoisotopic (exact) mass is 466 g/mol. The lowest BCUT2D eigenvalue weighted by Gasteiger charge is -2.31. The average molecular weight is 467 g/mol. The maximum Gasteiger partial charge on any atom is 0.253 e. The molecule has 8 heteroatoms. The molecule has 7 nitrogen and oxygen atoms in total. The summed E-state index contributed by atoms with van der Waals surface area (Å²) in [6.07, 6.45) is 7.74. The molecule has 0 atom stereocenters. The summed E-state index contributed by atoms with van der Waals surface area (Å²) in [5, 5.41) is 12.5. The van der Waals surface area contributed by atoms with Crippen LogP contribution >= 0.6 is 11.6 Å². The molecule has 33 heavy (non-hydrogen) atoms. The van der Waals surface area contributed by atoms with Gasteiger partial charge in [0.15, 0.2) is 0 Å². The number of carbonyl (C=O) groups is 2. The van der Waals surface area contributed by atoms with Crippen molar-refractivity contribution < 1.29 is 14.3 Å². The molecule has 1 saturated heterocycles. The Morgan fingerprint density at radius 2 is 1.91 bits per heavy atom. The van der Waals surface area contributed by atoms with E-state index in [1.807, 2.05) is 18.2 Å². The van der Waals surface area contributed by atoms with Gasteiger partial charge < -0.3 is 19.7 Å². The Kier molecular flexibility index (Phi) is 7.46. The Bertz CT molecular complexity index is 1020. The summed E-state index contributed by atoms with van der Waals surface area (Å²) in [5.41, 5.74) is 0.979. The van der Waals surface area contributed by atoms with Crippen LogP contribution in [0.1, 0.15) is 54.4 Å². The lowest BCUT2D eigenvalue weighted by molar-refractivity contribution is -0.111. The second-order valence-corrected chi connectivity index (χ2v) is 9.09. The van der Waals surface area contributed by atoms with E-state index in [1.165, 1.54) is 0 Å². The molecule has 0 unspecified atom stereocenters. The number of benzene rings is 1. The Labute approximate surface area is 198 Å². The van der Waals surface area contributed by atoms with Gasteiger partial charge >= 0.3 is 0 Å². The average Bonchev–Trinajstić information content (AvgIpc) is 2.85. The van der Waals surface area contributed by atoms with Gasteiger partial charge in [0.05, 0.1) is 22.3 Å². The molecule has 4 rings (SSSR count). The predicted octanol–water partition coefficient (Wildman–Crippen LogP) is 4.14. The number of hydrogen-bond donors (Lipinski definition) is 1. The van der Waals surface area contributed by atoms with Gasteiger partial charge in [0.2, 0.25) is 0 Å². The zero-order valence-corrected chi connectivity index (χ0v) is 19.1. The second kappa shape index (κ2) is 10.7. The molecule has 1 aromatic heterocycles. The minimum atomic E-state index is -0.114. The largest absolute Gasteiger partial charge is 0.490 e. The fourth-order valence-electron chi connectivity index (χ4n) is 4.42. The van der Waals surface area contributed by atoms with Gasteiger partial charge in [-0.15, -0.1) is 0 Å². The van der Waals surface area contributed by atoms with Crippen LogP contribution in [0.3, 0.4) is 0 Å². The van der Waals surface area contributed by atoms with Crippen LogP contribution in [-0.2, 0) is 4.79 Å². The van der Waals surface area contributed by atoms with Gasteiger partial charge in [-0.25, -0.2) is 4.98 Å². The first-order valence-electron chi connectivity index (χ1n) is 11.4. The summed E-state index contributed by atoms with van der Waals surface area (Å²) in [7, 11) is 0. The van der Waals surface area contributed by atoms with Gasteiger partial charge in [0.1, 0.15) is 23.9 Å². The van der Waals surface area contributed by atoms with Crippen LogP contribution < -0.4 is 15.0 Å². The number of pyridine rings is 1. The highest BCUT2D eigenvalue weighted by Crippen LogP contribution is 2.27. The topological polar surface area (TPSA) is 95.3 Å². The van der Waals surface area contributed by atoms with Gasteiger partial charge in [-0.2, -0.15) is 5.26 Å². The van der Waals surface area contributed by atoms with Gasteiger partial charge in [-0.3, -0.25) is 4.79 Å².